The quantitative estimate of drug-likeness (QED) is 0.488. The van der Waals surface area contributed by atoms with Gasteiger partial charge in [0.15, 0.2) is 0 Å². The van der Waals surface area contributed by atoms with Crippen LogP contribution in [0.2, 0.25) is 0 Å². The lowest BCUT2D eigenvalue weighted by atomic mass is 9.76. The third-order valence-corrected chi connectivity index (χ3v) is 7.43. The summed E-state index contributed by atoms with van der Waals surface area (Å²) >= 11 is 0. The Morgan fingerprint density at radius 2 is 2.00 bits per heavy atom. The van der Waals surface area contributed by atoms with Crippen molar-refractivity contribution in [2.75, 3.05) is 38.2 Å². The van der Waals surface area contributed by atoms with Crippen molar-refractivity contribution < 1.29 is 18.8 Å². The summed E-state index contributed by atoms with van der Waals surface area (Å²) in [6.45, 7) is 4.81. The van der Waals surface area contributed by atoms with E-state index in [1.807, 2.05) is 30.5 Å². The van der Waals surface area contributed by atoms with Gasteiger partial charge in [-0.3, -0.25) is 19.2 Å². The Morgan fingerprint density at radius 3 is 2.65 bits per heavy atom. The maximum Gasteiger partial charge on any atom is 0.488 e. The molecule has 1 aromatic carbocycles. The van der Waals surface area contributed by atoms with Gasteiger partial charge >= 0.3 is 7.12 Å². The zero-order valence-corrected chi connectivity index (χ0v) is 19.6. The highest BCUT2D eigenvalue weighted by Gasteiger charge is 2.48. The van der Waals surface area contributed by atoms with Gasteiger partial charge in [0.25, 0.3) is 0 Å². The Labute approximate surface area is 200 Å². The molecular weight excluding hydrogens is 437 g/mol. The molecule has 3 N–H and O–H groups in total. The number of hydrogen-bond acceptors (Lipinski definition) is 6. The summed E-state index contributed by atoms with van der Waals surface area (Å²) in [5.41, 5.74) is 3.24. The van der Waals surface area contributed by atoms with Gasteiger partial charge in [0, 0.05) is 32.2 Å². The summed E-state index contributed by atoms with van der Waals surface area (Å²) in [7, 11) is -1.51. The second-order valence-electron chi connectivity index (χ2n) is 10.2. The molecule has 3 heterocycles. The van der Waals surface area contributed by atoms with Crippen LogP contribution in [-0.2, 0) is 6.42 Å². The molecule has 2 fully saturated rings. The molecule has 1 aromatic heterocycles. The van der Waals surface area contributed by atoms with Crippen LogP contribution >= 0.6 is 0 Å². The molecule has 2 aliphatic heterocycles. The normalized spacial score (nSPS) is 24.4. The van der Waals surface area contributed by atoms with E-state index in [4.69, 9.17) is 4.98 Å². The van der Waals surface area contributed by atoms with Gasteiger partial charge in [-0.1, -0.05) is 18.2 Å². The monoisotopic (exact) mass is 470 g/mol. The molecule has 9 heteroatoms. The zero-order valence-electron chi connectivity index (χ0n) is 19.6. The van der Waals surface area contributed by atoms with Crippen molar-refractivity contribution in [3.8, 4) is 0 Å². The van der Waals surface area contributed by atoms with E-state index < -0.39 is 12.8 Å². The lowest BCUT2D eigenvalue weighted by Gasteiger charge is -2.42. The highest BCUT2D eigenvalue weighted by Crippen LogP contribution is 2.45. The maximum absolute atomic E-state index is 14.9. The minimum absolute atomic E-state index is 0.0988. The van der Waals surface area contributed by atoms with Crippen LogP contribution in [-0.4, -0.2) is 82.6 Å². The Kier molecular flexibility index (Phi) is 6.63. The Hall–Kier alpha value is -2.07. The van der Waals surface area contributed by atoms with Crippen molar-refractivity contribution in [2.24, 2.45) is 0 Å². The molecule has 182 valence electrons. The van der Waals surface area contributed by atoms with E-state index in [9.17, 15) is 18.8 Å². The van der Waals surface area contributed by atoms with Crippen LogP contribution in [0.25, 0.3) is 0 Å². The van der Waals surface area contributed by atoms with Crippen LogP contribution in [0.4, 0.5) is 14.5 Å². The van der Waals surface area contributed by atoms with Crippen LogP contribution in [0.3, 0.4) is 0 Å². The van der Waals surface area contributed by atoms with E-state index in [0.717, 1.165) is 48.6 Å². The first-order chi connectivity index (χ1) is 16.3. The minimum Gasteiger partial charge on any atom is -0.423 e. The molecule has 34 heavy (non-hydrogen) atoms. The number of aromatic nitrogens is 1. The number of nitrogens with one attached hydrogen (secondary N) is 1. The fourth-order valence-corrected chi connectivity index (χ4v) is 5.31. The molecule has 1 saturated heterocycles. The van der Waals surface area contributed by atoms with Crippen LogP contribution in [0.5, 0.6) is 0 Å². The van der Waals surface area contributed by atoms with Crippen molar-refractivity contribution in [3.63, 3.8) is 0 Å². The number of likely N-dealkylation sites (tertiary alicyclic amines) is 1. The Morgan fingerprint density at radius 1 is 1.21 bits per heavy atom. The Bertz CT molecular complexity index is 999. The third-order valence-electron chi connectivity index (χ3n) is 7.43. The van der Waals surface area contributed by atoms with Crippen LogP contribution < -0.4 is 10.8 Å². The highest BCUT2D eigenvalue weighted by atomic mass is 19.1. The van der Waals surface area contributed by atoms with Gasteiger partial charge in [-0.05, 0) is 61.3 Å². The predicted molar refractivity (Wildman–Crippen MR) is 130 cm³/mol. The van der Waals surface area contributed by atoms with Gasteiger partial charge in [-0.2, -0.15) is 0 Å². The predicted octanol–water partition coefficient (Wildman–Crippen LogP) is 2.06. The first kappa shape index (κ1) is 23.7. The molecule has 0 radical (unpaired) electrons. The zero-order chi connectivity index (χ0) is 23.9. The molecular formula is C25H33BF2N4O2. The van der Waals surface area contributed by atoms with E-state index in [-0.39, 0.29) is 18.8 Å². The Balaban J connectivity index is 1.36. The summed E-state index contributed by atoms with van der Waals surface area (Å²) in [5.74, 6) is 0. The minimum atomic E-state index is -1.51. The van der Waals surface area contributed by atoms with Crippen LogP contribution in [0.1, 0.15) is 49.0 Å². The average Bonchev–Trinajstić information content (AvgIpc) is 3.52. The fourth-order valence-electron chi connectivity index (χ4n) is 5.31. The summed E-state index contributed by atoms with van der Waals surface area (Å²) in [6, 6.07) is 9.79. The van der Waals surface area contributed by atoms with E-state index in [2.05, 4.69) is 22.0 Å². The van der Waals surface area contributed by atoms with Crippen molar-refractivity contribution in [2.45, 2.75) is 56.4 Å². The van der Waals surface area contributed by atoms with Gasteiger partial charge in [0.1, 0.15) is 5.67 Å². The number of rotatable bonds is 9. The molecule has 1 aliphatic carbocycles. The number of alkyl halides is 2. The van der Waals surface area contributed by atoms with Gasteiger partial charge in [-0.15, -0.1) is 0 Å². The number of halogens is 2. The summed E-state index contributed by atoms with van der Waals surface area (Å²) < 4.78 is 27.2. The van der Waals surface area contributed by atoms with Gasteiger partial charge in [0.2, 0.25) is 0 Å². The second kappa shape index (κ2) is 9.53. The molecule has 0 spiro atoms. The lowest BCUT2D eigenvalue weighted by Crippen LogP contribution is -2.54. The largest absolute Gasteiger partial charge is 0.488 e. The van der Waals surface area contributed by atoms with Crippen molar-refractivity contribution >= 4 is 18.3 Å². The van der Waals surface area contributed by atoms with E-state index in [1.54, 1.807) is 6.07 Å². The second-order valence-corrected chi connectivity index (χ2v) is 10.2. The van der Waals surface area contributed by atoms with Crippen molar-refractivity contribution in [3.05, 3.63) is 53.3 Å². The van der Waals surface area contributed by atoms with E-state index in [0.29, 0.717) is 37.3 Å². The number of pyridine rings is 1. The molecule has 1 saturated carbocycles. The van der Waals surface area contributed by atoms with Gasteiger partial charge in [-0.25, -0.2) is 4.39 Å². The third kappa shape index (κ3) is 4.98. The lowest BCUT2D eigenvalue weighted by molar-refractivity contribution is 0.0965. The van der Waals surface area contributed by atoms with E-state index >= 15 is 0 Å². The SMILES string of the molecule is CC1Cc2cc(B(O)O)ccc2C(c2ccc(NC3CN(CCCF)C3)cn2)N1CC1(F)CC1. The number of nitrogens with zero attached hydrogens (tertiary/aromatic N) is 3. The first-order valence-electron chi connectivity index (χ1n) is 12.3. The first-order valence-corrected chi connectivity index (χ1v) is 12.3. The molecule has 6 nitrogen and oxygen atoms in total. The highest BCUT2D eigenvalue weighted by molar-refractivity contribution is 6.58. The number of anilines is 1. The molecule has 0 amide bonds. The molecule has 3 aliphatic rings. The summed E-state index contributed by atoms with van der Waals surface area (Å²) in [5, 5.41) is 22.8. The van der Waals surface area contributed by atoms with Crippen LogP contribution in [0.15, 0.2) is 36.5 Å². The fraction of sp³-hybridized carbons (Fsp3) is 0.560. The number of hydrogen-bond donors (Lipinski definition) is 3. The van der Waals surface area contributed by atoms with Gasteiger partial charge in [0.05, 0.1) is 36.3 Å². The maximum atomic E-state index is 14.9. The van der Waals surface area contributed by atoms with Crippen molar-refractivity contribution in [1.29, 1.82) is 0 Å². The molecule has 2 atom stereocenters. The van der Waals surface area contributed by atoms with Crippen molar-refractivity contribution in [1.82, 2.24) is 14.8 Å². The average molecular weight is 470 g/mol. The van der Waals surface area contributed by atoms with E-state index in [1.165, 1.54) is 0 Å². The summed E-state index contributed by atoms with van der Waals surface area (Å²) in [4.78, 5) is 9.24. The molecule has 2 aromatic rings. The molecule has 2 unspecified atom stereocenters. The topological polar surface area (TPSA) is 71.9 Å². The van der Waals surface area contributed by atoms with Crippen LogP contribution in [0, 0.1) is 0 Å². The number of benzene rings is 1. The number of fused-ring (bicyclic) bond motifs is 1. The standard InChI is InChI=1S/C25H33BF2N4O2/c1-17-11-18-12-19(26(33)34)3-5-22(18)24(32(17)16-25(28)7-8-25)23-6-4-20(13-29-23)30-21-14-31(15-21)10-2-9-27/h3-6,12-13,17,21,24,30,33-34H,2,7-11,14-16H2,1H3. The molecule has 5 rings (SSSR count). The summed E-state index contributed by atoms with van der Waals surface area (Å²) in [6.07, 6.45) is 4.35. The van der Waals surface area contributed by atoms with Gasteiger partial charge < -0.3 is 15.4 Å². The molecule has 0 bridgehead atoms. The smallest absolute Gasteiger partial charge is 0.423 e.